The number of hydrogen-bond donors (Lipinski definition) is 1. The van der Waals surface area contributed by atoms with Crippen LogP contribution in [0.4, 0.5) is 4.39 Å². The molecule has 0 saturated carbocycles. The summed E-state index contributed by atoms with van der Waals surface area (Å²) in [5, 5.41) is 0. The van der Waals surface area contributed by atoms with Crippen molar-refractivity contribution in [2.75, 3.05) is 6.54 Å². The Balaban J connectivity index is 2.33. The van der Waals surface area contributed by atoms with Gasteiger partial charge in [0.15, 0.2) is 11.6 Å². The van der Waals surface area contributed by atoms with Gasteiger partial charge in [0.05, 0.1) is 16.7 Å². The van der Waals surface area contributed by atoms with Crippen LogP contribution >= 0.6 is 0 Å². The van der Waals surface area contributed by atoms with E-state index in [1.54, 1.807) is 11.5 Å². The van der Waals surface area contributed by atoms with Gasteiger partial charge in [-0.2, -0.15) is 0 Å². The topological polar surface area (TPSA) is 69.6 Å². The van der Waals surface area contributed by atoms with Gasteiger partial charge in [0.1, 0.15) is 12.2 Å². The lowest BCUT2D eigenvalue weighted by Crippen LogP contribution is -2.12. The van der Waals surface area contributed by atoms with E-state index >= 15 is 0 Å². The zero-order valence-corrected chi connectivity index (χ0v) is 11.0. The van der Waals surface area contributed by atoms with Crippen LogP contribution in [-0.4, -0.2) is 26.1 Å². The lowest BCUT2D eigenvalue weighted by atomic mass is 10.3. The Kier molecular flexibility index (Phi) is 3.15. The number of fused-ring (bicyclic) bond motifs is 1. The van der Waals surface area contributed by atoms with E-state index in [1.807, 2.05) is 24.3 Å². The Labute approximate surface area is 115 Å². The summed E-state index contributed by atoms with van der Waals surface area (Å²) in [6.45, 7) is 2.05. The van der Waals surface area contributed by atoms with Gasteiger partial charge in [-0.25, -0.2) is 19.3 Å². The van der Waals surface area contributed by atoms with Gasteiger partial charge in [0, 0.05) is 6.42 Å². The molecule has 6 heteroatoms. The van der Waals surface area contributed by atoms with E-state index < -0.39 is 5.82 Å². The van der Waals surface area contributed by atoms with Crippen molar-refractivity contribution < 1.29 is 4.39 Å². The predicted molar refractivity (Wildman–Crippen MR) is 74.1 cm³/mol. The Hall–Kier alpha value is -2.34. The first-order valence-corrected chi connectivity index (χ1v) is 6.36. The van der Waals surface area contributed by atoms with Gasteiger partial charge in [0.2, 0.25) is 0 Å². The SMILES string of the molecule is Cc1ncnc(-n2c(CCN)nc3ccccc32)c1F. The minimum absolute atomic E-state index is 0.217. The summed E-state index contributed by atoms with van der Waals surface area (Å²) in [6.07, 6.45) is 1.91. The summed E-state index contributed by atoms with van der Waals surface area (Å²) in [5.74, 6) is 0.481. The molecule has 2 heterocycles. The standard InChI is InChI=1S/C14H14FN5/c1-9-13(15)14(18-8-17-9)20-11-5-3-2-4-10(11)19-12(20)6-7-16/h2-5,8H,6-7,16H2,1H3. The number of nitrogens with two attached hydrogens (primary N) is 1. The lowest BCUT2D eigenvalue weighted by Gasteiger charge is -2.09. The molecule has 3 rings (SSSR count). The number of aromatic nitrogens is 4. The normalized spacial score (nSPS) is 11.2. The van der Waals surface area contributed by atoms with E-state index in [4.69, 9.17) is 5.73 Å². The molecule has 2 aromatic heterocycles. The fourth-order valence-electron chi connectivity index (χ4n) is 2.21. The molecule has 0 saturated heterocycles. The Morgan fingerprint density at radius 1 is 1.25 bits per heavy atom. The summed E-state index contributed by atoms with van der Waals surface area (Å²) in [7, 11) is 0. The smallest absolute Gasteiger partial charge is 0.187 e. The number of rotatable bonds is 3. The van der Waals surface area contributed by atoms with Crippen molar-refractivity contribution in [2.24, 2.45) is 5.73 Å². The number of halogens is 1. The number of benzene rings is 1. The van der Waals surface area contributed by atoms with Gasteiger partial charge < -0.3 is 5.73 Å². The first-order valence-electron chi connectivity index (χ1n) is 6.36. The van der Waals surface area contributed by atoms with Crippen LogP contribution in [0.3, 0.4) is 0 Å². The number of para-hydroxylation sites is 2. The van der Waals surface area contributed by atoms with Crippen molar-refractivity contribution in [2.45, 2.75) is 13.3 Å². The molecule has 2 N–H and O–H groups in total. The highest BCUT2D eigenvalue weighted by atomic mass is 19.1. The maximum Gasteiger partial charge on any atom is 0.187 e. The molecule has 0 bridgehead atoms. The first-order chi connectivity index (χ1) is 9.72. The van der Waals surface area contributed by atoms with E-state index in [9.17, 15) is 4.39 Å². The van der Waals surface area contributed by atoms with Crippen LogP contribution in [0.15, 0.2) is 30.6 Å². The Bertz CT molecular complexity index is 765. The number of hydrogen-bond acceptors (Lipinski definition) is 4. The predicted octanol–water partition coefficient (Wildman–Crippen LogP) is 1.76. The zero-order valence-electron chi connectivity index (χ0n) is 11.0. The lowest BCUT2D eigenvalue weighted by molar-refractivity contribution is 0.588. The maximum absolute atomic E-state index is 14.3. The van der Waals surface area contributed by atoms with Crippen LogP contribution in [0.1, 0.15) is 11.5 Å². The second-order valence-electron chi connectivity index (χ2n) is 4.49. The van der Waals surface area contributed by atoms with Crippen molar-refractivity contribution in [1.29, 1.82) is 0 Å². The van der Waals surface area contributed by atoms with Crippen LogP contribution in [0.2, 0.25) is 0 Å². The van der Waals surface area contributed by atoms with Crippen LogP contribution in [-0.2, 0) is 6.42 Å². The number of nitrogens with zero attached hydrogens (tertiary/aromatic N) is 4. The molecule has 0 unspecified atom stereocenters. The molecular weight excluding hydrogens is 257 g/mol. The zero-order chi connectivity index (χ0) is 14.1. The fraction of sp³-hybridized carbons (Fsp3) is 0.214. The minimum atomic E-state index is -0.436. The third-order valence-electron chi connectivity index (χ3n) is 3.16. The van der Waals surface area contributed by atoms with Crippen LogP contribution in [0.25, 0.3) is 16.9 Å². The molecule has 0 radical (unpaired) electrons. The maximum atomic E-state index is 14.3. The largest absolute Gasteiger partial charge is 0.330 e. The summed E-state index contributed by atoms with van der Waals surface area (Å²) in [6, 6.07) is 7.56. The average Bonchev–Trinajstić information content (AvgIpc) is 2.80. The quantitative estimate of drug-likeness (QED) is 0.788. The molecule has 0 spiro atoms. The Morgan fingerprint density at radius 3 is 2.85 bits per heavy atom. The highest BCUT2D eigenvalue weighted by Crippen LogP contribution is 2.22. The van der Waals surface area contributed by atoms with E-state index in [2.05, 4.69) is 15.0 Å². The molecule has 5 nitrogen and oxygen atoms in total. The summed E-state index contributed by atoms with van der Waals surface area (Å²) in [4.78, 5) is 12.4. The fourth-order valence-corrected chi connectivity index (χ4v) is 2.21. The van der Waals surface area contributed by atoms with Gasteiger partial charge in [-0.3, -0.25) is 4.57 Å². The van der Waals surface area contributed by atoms with Gasteiger partial charge in [0.25, 0.3) is 0 Å². The van der Waals surface area contributed by atoms with Crippen LogP contribution in [0.5, 0.6) is 0 Å². The number of imidazole rings is 1. The van der Waals surface area contributed by atoms with Crippen LogP contribution in [0, 0.1) is 12.7 Å². The molecule has 0 fully saturated rings. The van der Waals surface area contributed by atoms with Gasteiger partial charge >= 0.3 is 0 Å². The van der Waals surface area contributed by atoms with E-state index in [-0.39, 0.29) is 5.82 Å². The monoisotopic (exact) mass is 271 g/mol. The van der Waals surface area contributed by atoms with Gasteiger partial charge in [-0.05, 0) is 25.6 Å². The van der Waals surface area contributed by atoms with Gasteiger partial charge in [-0.15, -0.1) is 0 Å². The third-order valence-corrected chi connectivity index (χ3v) is 3.16. The van der Waals surface area contributed by atoms with E-state index in [0.29, 0.717) is 24.5 Å². The molecule has 0 aliphatic carbocycles. The molecule has 3 aromatic rings. The molecule has 0 aliphatic rings. The molecular formula is C14H14FN5. The second-order valence-corrected chi connectivity index (χ2v) is 4.49. The summed E-state index contributed by atoms with van der Waals surface area (Å²) >= 11 is 0. The van der Waals surface area contributed by atoms with Crippen molar-refractivity contribution >= 4 is 11.0 Å². The summed E-state index contributed by atoms with van der Waals surface area (Å²) in [5.41, 5.74) is 7.54. The highest BCUT2D eigenvalue weighted by molar-refractivity contribution is 5.77. The average molecular weight is 271 g/mol. The van der Waals surface area contributed by atoms with Crippen molar-refractivity contribution in [3.05, 3.63) is 47.9 Å². The summed E-state index contributed by atoms with van der Waals surface area (Å²) < 4.78 is 16.0. The third kappa shape index (κ3) is 1.94. The number of aryl methyl sites for hydroxylation is 1. The minimum Gasteiger partial charge on any atom is -0.330 e. The van der Waals surface area contributed by atoms with Crippen molar-refractivity contribution in [3.63, 3.8) is 0 Å². The molecule has 0 aliphatic heterocycles. The van der Waals surface area contributed by atoms with Crippen LogP contribution < -0.4 is 5.73 Å². The molecule has 102 valence electrons. The first kappa shape index (κ1) is 12.7. The highest BCUT2D eigenvalue weighted by Gasteiger charge is 2.17. The van der Waals surface area contributed by atoms with Crippen molar-refractivity contribution in [3.8, 4) is 5.82 Å². The molecule has 0 atom stereocenters. The van der Waals surface area contributed by atoms with Gasteiger partial charge in [-0.1, -0.05) is 12.1 Å². The van der Waals surface area contributed by atoms with Crippen molar-refractivity contribution in [1.82, 2.24) is 19.5 Å². The molecule has 20 heavy (non-hydrogen) atoms. The van der Waals surface area contributed by atoms with E-state index in [1.165, 1.54) is 6.33 Å². The second kappa shape index (κ2) is 4.97. The van der Waals surface area contributed by atoms with E-state index in [0.717, 1.165) is 11.0 Å². The molecule has 0 amide bonds. The molecule has 1 aromatic carbocycles. The Morgan fingerprint density at radius 2 is 2.05 bits per heavy atom.